The minimum absolute atomic E-state index is 0.122. The number of pyridine rings is 1. The van der Waals surface area contributed by atoms with Gasteiger partial charge >= 0.3 is 0 Å². The Hall–Kier alpha value is -1.52. The fourth-order valence-corrected chi connectivity index (χ4v) is 3.71. The van der Waals surface area contributed by atoms with Crippen LogP contribution in [0.15, 0.2) is 29.2 Å². The van der Waals surface area contributed by atoms with Crippen molar-refractivity contribution in [3.63, 3.8) is 0 Å². The van der Waals surface area contributed by atoms with Crippen molar-refractivity contribution in [2.75, 3.05) is 6.54 Å². The number of H-pyrrole nitrogens is 1. The van der Waals surface area contributed by atoms with Crippen LogP contribution in [-0.4, -0.2) is 23.7 Å². The molecule has 0 unspecified atom stereocenters. The molecule has 1 aromatic carbocycles. The number of rotatable bonds is 5. The Balaban J connectivity index is 1.39. The molecule has 2 saturated carbocycles. The molecule has 5 heteroatoms. The molecule has 0 saturated heterocycles. The van der Waals surface area contributed by atoms with Gasteiger partial charge in [-0.2, -0.15) is 0 Å². The Morgan fingerprint density at radius 2 is 1.96 bits per heavy atom. The van der Waals surface area contributed by atoms with Gasteiger partial charge < -0.3 is 15.0 Å². The van der Waals surface area contributed by atoms with E-state index < -0.39 is 0 Å². The molecule has 2 aromatic rings. The van der Waals surface area contributed by atoms with Crippen molar-refractivity contribution in [3.05, 3.63) is 39.8 Å². The van der Waals surface area contributed by atoms with E-state index in [9.17, 15) is 4.79 Å². The third kappa shape index (κ3) is 3.60. The maximum absolute atomic E-state index is 11.8. The van der Waals surface area contributed by atoms with Crippen molar-refractivity contribution in [2.24, 2.45) is 5.92 Å². The second-order valence-electron chi connectivity index (χ2n) is 7.12. The quantitative estimate of drug-likeness (QED) is 0.864. The van der Waals surface area contributed by atoms with E-state index in [2.05, 4.69) is 10.3 Å². The molecule has 1 heterocycles. The highest BCUT2D eigenvalue weighted by Crippen LogP contribution is 2.33. The smallest absolute Gasteiger partial charge is 0.255 e. The largest absolute Gasteiger partial charge is 0.489 e. The highest BCUT2D eigenvalue weighted by Gasteiger charge is 2.26. The van der Waals surface area contributed by atoms with Gasteiger partial charge in [-0.1, -0.05) is 11.6 Å². The summed E-state index contributed by atoms with van der Waals surface area (Å²) in [6.45, 7) is 1.18. The van der Waals surface area contributed by atoms with Gasteiger partial charge in [-0.25, -0.2) is 0 Å². The summed E-state index contributed by atoms with van der Waals surface area (Å²) in [5.74, 6) is 1.61. The van der Waals surface area contributed by atoms with E-state index in [1.165, 1.54) is 19.4 Å². The molecular weight excluding hydrogens is 324 g/mol. The Labute approximate surface area is 146 Å². The predicted octanol–water partition coefficient (Wildman–Crippen LogP) is 3.87. The lowest BCUT2D eigenvalue weighted by molar-refractivity contribution is 0.139. The van der Waals surface area contributed by atoms with Crippen LogP contribution >= 0.6 is 11.6 Å². The Bertz CT molecular complexity index is 777. The maximum atomic E-state index is 11.8. The van der Waals surface area contributed by atoms with E-state index in [1.807, 2.05) is 12.1 Å². The molecular formula is C19H23ClN2O2. The minimum atomic E-state index is -0.122. The normalized spacial score (nSPS) is 24.2. The van der Waals surface area contributed by atoms with Crippen LogP contribution < -0.4 is 15.6 Å². The third-order valence-electron chi connectivity index (χ3n) is 5.19. The molecule has 2 fully saturated rings. The van der Waals surface area contributed by atoms with Crippen LogP contribution in [0.1, 0.15) is 38.5 Å². The van der Waals surface area contributed by atoms with Crippen LogP contribution in [-0.2, 0) is 0 Å². The van der Waals surface area contributed by atoms with Crippen LogP contribution in [0, 0.1) is 5.92 Å². The number of benzene rings is 1. The molecule has 0 spiro atoms. The average molecular weight is 347 g/mol. The Morgan fingerprint density at radius 3 is 2.71 bits per heavy atom. The van der Waals surface area contributed by atoms with Gasteiger partial charge in [0, 0.05) is 17.6 Å². The summed E-state index contributed by atoms with van der Waals surface area (Å²) >= 11 is 6.32. The number of hydrogen-bond donors (Lipinski definition) is 2. The molecule has 2 aliphatic carbocycles. The number of aromatic nitrogens is 1. The lowest BCUT2D eigenvalue weighted by Crippen LogP contribution is -2.37. The molecule has 0 amide bonds. The topological polar surface area (TPSA) is 54.1 Å². The summed E-state index contributed by atoms with van der Waals surface area (Å²) in [5.41, 5.74) is -0.122. The monoisotopic (exact) mass is 346 g/mol. The van der Waals surface area contributed by atoms with Gasteiger partial charge in [0.1, 0.15) is 5.75 Å². The summed E-state index contributed by atoms with van der Waals surface area (Å²) in [5, 5.41) is 5.66. The van der Waals surface area contributed by atoms with Crippen molar-refractivity contribution in [1.29, 1.82) is 0 Å². The molecule has 128 valence electrons. The van der Waals surface area contributed by atoms with Crippen molar-refractivity contribution in [3.8, 4) is 5.75 Å². The van der Waals surface area contributed by atoms with Crippen LogP contribution in [0.3, 0.4) is 0 Å². The van der Waals surface area contributed by atoms with Crippen LogP contribution in [0.25, 0.3) is 10.8 Å². The summed E-state index contributed by atoms with van der Waals surface area (Å²) in [6, 6.07) is 6.09. The SMILES string of the molecule is O=c1[nH]ccc2cc(OC3CCC(NCC4CC4)CC3)c(Cl)cc12. The van der Waals surface area contributed by atoms with Crippen LogP contribution in [0.4, 0.5) is 0 Å². The number of ether oxygens (including phenoxy) is 1. The first-order valence-electron chi connectivity index (χ1n) is 8.90. The summed E-state index contributed by atoms with van der Waals surface area (Å²) in [6.07, 6.45) is 9.06. The fraction of sp³-hybridized carbons (Fsp3) is 0.526. The van der Waals surface area contributed by atoms with Gasteiger partial charge in [-0.15, -0.1) is 0 Å². The Kier molecular flexibility index (Phi) is 4.51. The van der Waals surface area contributed by atoms with Crippen molar-refractivity contribution in [1.82, 2.24) is 10.3 Å². The number of fused-ring (bicyclic) bond motifs is 1. The van der Waals surface area contributed by atoms with E-state index >= 15 is 0 Å². The number of aromatic amines is 1. The standard InChI is InChI=1S/C19H23ClN2O2/c20-17-10-16-13(7-8-21-19(16)23)9-18(17)24-15-5-3-14(4-6-15)22-11-12-1-2-12/h7-10,12,14-15,22H,1-6,11H2,(H,21,23). The first-order chi connectivity index (χ1) is 11.7. The van der Waals surface area contributed by atoms with Gasteiger partial charge in [0.05, 0.1) is 11.1 Å². The molecule has 4 rings (SSSR count). The summed E-state index contributed by atoms with van der Waals surface area (Å²) in [4.78, 5) is 14.5. The number of nitrogens with one attached hydrogen (secondary N) is 2. The van der Waals surface area contributed by atoms with E-state index in [0.29, 0.717) is 22.2 Å². The molecule has 0 aliphatic heterocycles. The van der Waals surface area contributed by atoms with E-state index in [1.54, 1.807) is 12.3 Å². The van der Waals surface area contributed by atoms with Gasteiger partial charge in [-0.3, -0.25) is 4.79 Å². The second kappa shape index (κ2) is 6.77. The van der Waals surface area contributed by atoms with Crippen molar-refractivity contribution in [2.45, 2.75) is 50.7 Å². The molecule has 24 heavy (non-hydrogen) atoms. The van der Waals surface area contributed by atoms with Gasteiger partial charge in [0.2, 0.25) is 0 Å². The highest BCUT2D eigenvalue weighted by atomic mass is 35.5. The lowest BCUT2D eigenvalue weighted by Gasteiger charge is -2.30. The summed E-state index contributed by atoms with van der Waals surface area (Å²) in [7, 11) is 0. The highest BCUT2D eigenvalue weighted by molar-refractivity contribution is 6.32. The van der Waals surface area contributed by atoms with Crippen molar-refractivity contribution >= 4 is 22.4 Å². The first kappa shape index (κ1) is 16.0. The molecule has 1 aromatic heterocycles. The van der Waals surface area contributed by atoms with Gasteiger partial charge in [0.15, 0.2) is 0 Å². The molecule has 0 radical (unpaired) electrons. The fourth-order valence-electron chi connectivity index (χ4n) is 3.50. The molecule has 2 N–H and O–H groups in total. The minimum Gasteiger partial charge on any atom is -0.489 e. The third-order valence-corrected chi connectivity index (χ3v) is 5.48. The van der Waals surface area contributed by atoms with Crippen LogP contribution in [0.5, 0.6) is 5.75 Å². The molecule has 2 aliphatic rings. The first-order valence-corrected chi connectivity index (χ1v) is 9.28. The maximum Gasteiger partial charge on any atom is 0.255 e. The number of halogens is 1. The van der Waals surface area contributed by atoms with Crippen LogP contribution in [0.2, 0.25) is 5.02 Å². The second-order valence-corrected chi connectivity index (χ2v) is 7.53. The zero-order valence-electron chi connectivity index (χ0n) is 13.7. The molecule has 0 atom stereocenters. The summed E-state index contributed by atoms with van der Waals surface area (Å²) < 4.78 is 6.15. The molecule has 0 bridgehead atoms. The van der Waals surface area contributed by atoms with Gasteiger partial charge in [-0.05, 0) is 74.6 Å². The molecule has 4 nitrogen and oxygen atoms in total. The van der Waals surface area contributed by atoms with E-state index in [0.717, 1.165) is 37.0 Å². The van der Waals surface area contributed by atoms with E-state index in [-0.39, 0.29) is 11.7 Å². The average Bonchev–Trinajstić information content (AvgIpc) is 3.40. The van der Waals surface area contributed by atoms with Crippen molar-refractivity contribution < 1.29 is 4.74 Å². The van der Waals surface area contributed by atoms with E-state index in [4.69, 9.17) is 16.3 Å². The predicted molar refractivity (Wildman–Crippen MR) is 97.0 cm³/mol. The Morgan fingerprint density at radius 1 is 1.17 bits per heavy atom. The lowest BCUT2D eigenvalue weighted by atomic mass is 9.93. The zero-order chi connectivity index (χ0) is 16.5. The number of hydrogen-bond acceptors (Lipinski definition) is 3. The zero-order valence-corrected chi connectivity index (χ0v) is 14.4. The van der Waals surface area contributed by atoms with Gasteiger partial charge in [0.25, 0.3) is 5.56 Å².